The van der Waals surface area contributed by atoms with Crippen LogP contribution in [0.1, 0.15) is 0 Å². The van der Waals surface area contributed by atoms with Gasteiger partial charge in [0.05, 0.1) is 31.9 Å². The average Bonchev–Trinajstić information content (AvgIpc) is 3.34. The number of ether oxygens (including phenoxy) is 3. The first-order valence-corrected chi connectivity index (χ1v) is 9.24. The number of hydrogen-bond donors (Lipinski definition) is 0. The molecule has 0 saturated carbocycles. The zero-order chi connectivity index (χ0) is 19.0. The van der Waals surface area contributed by atoms with E-state index in [0.717, 1.165) is 21.7 Å². The number of methoxy groups -OCH3 is 3. The summed E-state index contributed by atoms with van der Waals surface area (Å²) in [5.74, 6) is 1.85. The van der Waals surface area contributed by atoms with Crippen molar-refractivity contribution in [3.8, 4) is 38.9 Å². The Labute approximate surface area is 161 Å². The van der Waals surface area contributed by atoms with E-state index < -0.39 is 0 Å². The molecule has 27 heavy (non-hydrogen) atoms. The van der Waals surface area contributed by atoms with Crippen LogP contribution < -0.4 is 14.2 Å². The number of benzene rings is 2. The first kappa shape index (κ1) is 17.4. The highest BCUT2D eigenvalue weighted by Crippen LogP contribution is 2.42. The van der Waals surface area contributed by atoms with E-state index in [9.17, 15) is 0 Å². The molecule has 2 heterocycles. The molecule has 0 saturated heterocycles. The minimum Gasteiger partial charge on any atom is -0.493 e. The minimum absolute atomic E-state index is 0.586. The van der Waals surface area contributed by atoms with Crippen LogP contribution in [0.4, 0.5) is 0 Å². The lowest BCUT2D eigenvalue weighted by Gasteiger charge is -2.13. The number of fused-ring (bicyclic) bond motifs is 1. The highest BCUT2D eigenvalue weighted by Gasteiger charge is 2.16. The van der Waals surface area contributed by atoms with Gasteiger partial charge < -0.3 is 18.8 Å². The standard InChI is InChI=1S/C21H20N2O3S/c1-23-8-7-14-9-13(5-6-17(14)23)16-12-20(27-22-16)15-10-18(24-2)21(26-4)19(11-15)25-3/h5-12H,1-4H3. The van der Waals surface area contributed by atoms with Crippen LogP contribution >= 0.6 is 11.5 Å². The summed E-state index contributed by atoms with van der Waals surface area (Å²) >= 11 is 1.45. The number of rotatable bonds is 5. The second-order valence-corrected chi connectivity index (χ2v) is 7.00. The second-order valence-electron chi connectivity index (χ2n) is 6.19. The fourth-order valence-electron chi connectivity index (χ4n) is 3.21. The molecule has 5 nitrogen and oxygen atoms in total. The number of nitrogens with zero attached hydrogens (tertiary/aromatic N) is 2. The molecule has 4 aromatic rings. The molecule has 2 aromatic carbocycles. The molecule has 0 radical (unpaired) electrons. The summed E-state index contributed by atoms with van der Waals surface area (Å²) in [4.78, 5) is 1.04. The molecular weight excluding hydrogens is 360 g/mol. The van der Waals surface area contributed by atoms with Gasteiger partial charge >= 0.3 is 0 Å². The Morgan fingerprint density at radius 1 is 0.852 bits per heavy atom. The number of aromatic nitrogens is 2. The van der Waals surface area contributed by atoms with Crippen molar-refractivity contribution in [2.45, 2.75) is 0 Å². The SMILES string of the molecule is COc1cc(-c2cc(-c3ccc4c(ccn4C)c3)ns2)cc(OC)c1OC. The van der Waals surface area contributed by atoms with Crippen LogP contribution in [0.25, 0.3) is 32.6 Å². The van der Waals surface area contributed by atoms with Crippen LogP contribution in [0, 0.1) is 0 Å². The summed E-state index contributed by atoms with van der Waals surface area (Å²) in [5.41, 5.74) is 4.24. The number of aryl methyl sites for hydroxylation is 1. The first-order chi connectivity index (χ1) is 13.1. The molecule has 0 spiro atoms. The average molecular weight is 380 g/mol. The molecule has 0 aliphatic carbocycles. The van der Waals surface area contributed by atoms with Gasteiger partial charge in [0, 0.05) is 35.3 Å². The van der Waals surface area contributed by atoms with Gasteiger partial charge in [-0.15, -0.1) is 0 Å². The van der Waals surface area contributed by atoms with Crippen molar-refractivity contribution in [2.24, 2.45) is 7.05 Å². The van der Waals surface area contributed by atoms with Crippen LogP contribution in [-0.4, -0.2) is 30.3 Å². The van der Waals surface area contributed by atoms with Gasteiger partial charge in [0.1, 0.15) is 0 Å². The molecule has 0 unspecified atom stereocenters. The molecular formula is C21H20N2O3S. The fraction of sp³-hybridized carbons (Fsp3) is 0.190. The summed E-state index contributed by atoms with van der Waals surface area (Å²) in [6, 6.07) is 14.5. The van der Waals surface area contributed by atoms with E-state index in [2.05, 4.69) is 45.5 Å². The van der Waals surface area contributed by atoms with E-state index in [1.807, 2.05) is 19.2 Å². The topological polar surface area (TPSA) is 45.5 Å². The van der Waals surface area contributed by atoms with Crippen molar-refractivity contribution in [1.82, 2.24) is 8.94 Å². The van der Waals surface area contributed by atoms with E-state index in [1.54, 1.807) is 21.3 Å². The van der Waals surface area contributed by atoms with Crippen LogP contribution in [0.2, 0.25) is 0 Å². The monoisotopic (exact) mass is 380 g/mol. The van der Waals surface area contributed by atoms with Crippen molar-refractivity contribution < 1.29 is 14.2 Å². The zero-order valence-corrected chi connectivity index (χ0v) is 16.5. The van der Waals surface area contributed by atoms with Crippen LogP contribution in [0.3, 0.4) is 0 Å². The molecule has 0 amide bonds. The molecule has 138 valence electrons. The van der Waals surface area contributed by atoms with Gasteiger partial charge in [0.2, 0.25) is 5.75 Å². The summed E-state index contributed by atoms with van der Waals surface area (Å²) in [5, 5.41) is 1.21. The zero-order valence-electron chi connectivity index (χ0n) is 15.6. The Balaban J connectivity index is 1.75. The predicted octanol–water partition coefficient (Wildman–Crippen LogP) is 4.99. The molecule has 2 aromatic heterocycles. The van der Waals surface area contributed by atoms with Gasteiger partial charge in [-0.05, 0) is 47.9 Å². The van der Waals surface area contributed by atoms with E-state index in [1.165, 1.54) is 22.4 Å². The lowest BCUT2D eigenvalue weighted by atomic mass is 10.1. The molecule has 0 fully saturated rings. The second kappa shape index (κ2) is 6.96. The van der Waals surface area contributed by atoms with Crippen molar-refractivity contribution in [2.75, 3.05) is 21.3 Å². The number of hydrogen-bond acceptors (Lipinski definition) is 5. The normalized spacial score (nSPS) is 11.0. The molecule has 6 heteroatoms. The van der Waals surface area contributed by atoms with Gasteiger partial charge in [-0.2, -0.15) is 4.37 Å². The molecule has 0 atom stereocenters. The Morgan fingerprint density at radius 3 is 2.26 bits per heavy atom. The Bertz CT molecular complexity index is 1090. The fourth-order valence-corrected chi connectivity index (χ4v) is 3.95. The van der Waals surface area contributed by atoms with Crippen molar-refractivity contribution in [3.63, 3.8) is 0 Å². The maximum absolute atomic E-state index is 5.46. The highest BCUT2D eigenvalue weighted by molar-refractivity contribution is 7.09. The van der Waals surface area contributed by atoms with Crippen LogP contribution in [-0.2, 0) is 7.05 Å². The Hall–Kier alpha value is -2.99. The first-order valence-electron chi connectivity index (χ1n) is 8.47. The quantitative estimate of drug-likeness (QED) is 0.489. The van der Waals surface area contributed by atoms with Crippen LogP contribution in [0.15, 0.2) is 48.7 Å². The van der Waals surface area contributed by atoms with E-state index in [4.69, 9.17) is 14.2 Å². The Kier molecular flexibility index (Phi) is 4.49. The molecule has 0 N–H and O–H groups in total. The largest absolute Gasteiger partial charge is 0.493 e. The summed E-state index contributed by atoms with van der Waals surface area (Å²) in [6.07, 6.45) is 2.07. The van der Waals surface area contributed by atoms with E-state index in [0.29, 0.717) is 17.2 Å². The molecule has 0 aliphatic heterocycles. The van der Waals surface area contributed by atoms with Gasteiger partial charge in [-0.1, -0.05) is 6.07 Å². The van der Waals surface area contributed by atoms with Crippen molar-refractivity contribution in [3.05, 3.63) is 48.7 Å². The third kappa shape index (κ3) is 3.02. The summed E-state index contributed by atoms with van der Waals surface area (Å²) in [7, 11) is 6.89. The van der Waals surface area contributed by atoms with E-state index in [-0.39, 0.29) is 0 Å². The summed E-state index contributed by atoms with van der Waals surface area (Å²) < 4.78 is 23.1. The molecule has 4 rings (SSSR count). The minimum atomic E-state index is 0.586. The smallest absolute Gasteiger partial charge is 0.203 e. The predicted molar refractivity (Wildman–Crippen MR) is 109 cm³/mol. The van der Waals surface area contributed by atoms with E-state index >= 15 is 0 Å². The van der Waals surface area contributed by atoms with Crippen molar-refractivity contribution >= 4 is 22.4 Å². The summed E-state index contributed by atoms with van der Waals surface area (Å²) in [6.45, 7) is 0. The maximum Gasteiger partial charge on any atom is 0.203 e. The van der Waals surface area contributed by atoms with Gasteiger partial charge in [-0.25, -0.2) is 0 Å². The third-order valence-corrected chi connectivity index (χ3v) is 5.48. The van der Waals surface area contributed by atoms with Crippen LogP contribution in [0.5, 0.6) is 17.2 Å². The van der Waals surface area contributed by atoms with Gasteiger partial charge in [0.25, 0.3) is 0 Å². The van der Waals surface area contributed by atoms with Crippen molar-refractivity contribution in [1.29, 1.82) is 0 Å². The van der Waals surface area contributed by atoms with Gasteiger partial charge in [0.15, 0.2) is 11.5 Å². The highest BCUT2D eigenvalue weighted by atomic mass is 32.1. The molecule has 0 aliphatic rings. The lowest BCUT2D eigenvalue weighted by Crippen LogP contribution is -1.95. The molecule has 0 bridgehead atoms. The maximum atomic E-state index is 5.46. The third-order valence-electron chi connectivity index (χ3n) is 4.64. The lowest BCUT2D eigenvalue weighted by molar-refractivity contribution is 0.324. The van der Waals surface area contributed by atoms with Gasteiger partial charge in [-0.3, -0.25) is 0 Å². The Morgan fingerprint density at radius 2 is 1.59 bits per heavy atom.